The lowest BCUT2D eigenvalue weighted by atomic mass is 10.1. The molecule has 1 rings (SSSR count). The molecule has 1 N–H and O–H groups in total. The van der Waals surface area contributed by atoms with Crippen molar-refractivity contribution in [3.05, 3.63) is 35.6 Å². The van der Waals surface area contributed by atoms with Gasteiger partial charge in [-0.15, -0.1) is 0 Å². The van der Waals surface area contributed by atoms with Crippen molar-refractivity contribution in [3.63, 3.8) is 0 Å². The van der Waals surface area contributed by atoms with Crippen molar-refractivity contribution in [2.75, 3.05) is 12.9 Å². The molecule has 0 radical (unpaired) electrons. The van der Waals surface area contributed by atoms with Crippen LogP contribution in [0.5, 0.6) is 0 Å². The number of rotatable bonds is 5. The lowest BCUT2D eigenvalue weighted by Gasteiger charge is -2.23. The molecule has 0 saturated carbocycles. The van der Waals surface area contributed by atoms with Crippen LogP contribution in [0.3, 0.4) is 0 Å². The minimum Gasteiger partial charge on any atom is -0.444 e. The quantitative estimate of drug-likeness (QED) is 0.837. The normalized spacial score (nSPS) is 13.5. The Kier molecular flexibility index (Phi) is 5.90. The molecule has 0 fully saturated rings. The van der Waals surface area contributed by atoms with E-state index in [4.69, 9.17) is 8.92 Å². The number of amides is 1. The fourth-order valence-electron chi connectivity index (χ4n) is 1.56. The second-order valence-electron chi connectivity index (χ2n) is 5.74. The summed E-state index contributed by atoms with van der Waals surface area (Å²) >= 11 is 0. The largest absolute Gasteiger partial charge is 0.444 e. The number of benzene rings is 1. The van der Waals surface area contributed by atoms with E-state index < -0.39 is 33.7 Å². The summed E-state index contributed by atoms with van der Waals surface area (Å²) in [5.74, 6) is -0.441. The number of hydrogen-bond donors (Lipinski definition) is 1. The number of carbonyl (C=O) groups is 1. The van der Waals surface area contributed by atoms with E-state index in [1.54, 1.807) is 20.8 Å². The van der Waals surface area contributed by atoms with Crippen LogP contribution in [-0.2, 0) is 19.0 Å². The number of ether oxygens (including phenoxy) is 1. The summed E-state index contributed by atoms with van der Waals surface area (Å²) in [7, 11) is -3.67. The van der Waals surface area contributed by atoms with Crippen LogP contribution in [0.4, 0.5) is 9.18 Å². The van der Waals surface area contributed by atoms with Gasteiger partial charge in [0.25, 0.3) is 10.1 Å². The molecule has 1 unspecified atom stereocenters. The smallest absolute Gasteiger partial charge is 0.408 e. The minimum atomic E-state index is -3.67. The molecule has 1 aromatic carbocycles. The van der Waals surface area contributed by atoms with Gasteiger partial charge in [-0.25, -0.2) is 9.18 Å². The van der Waals surface area contributed by atoms with Crippen molar-refractivity contribution < 1.29 is 26.5 Å². The number of hydrogen-bond acceptors (Lipinski definition) is 5. The van der Waals surface area contributed by atoms with E-state index in [1.165, 1.54) is 24.3 Å². The molecule has 6 nitrogen and oxygen atoms in total. The maximum atomic E-state index is 13.0. The average molecular weight is 333 g/mol. The third-order valence-corrected chi connectivity index (χ3v) is 2.98. The Morgan fingerprint density at radius 1 is 1.27 bits per heavy atom. The van der Waals surface area contributed by atoms with Gasteiger partial charge >= 0.3 is 6.09 Å². The molecule has 0 heterocycles. The van der Waals surface area contributed by atoms with Crippen LogP contribution in [0.1, 0.15) is 32.4 Å². The molecule has 0 aliphatic carbocycles. The summed E-state index contributed by atoms with van der Waals surface area (Å²) < 4.78 is 45.0. The van der Waals surface area contributed by atoms with Gasteiger partial charge in [0, 0.05) is 0 Å². The van der Waals surface area contributed by atoms with Gasteiger partial charge in [0.15, 0.2) is 0 Å². The number of carbonyl (C=O) groups excluding carboxylic acids is 1. The Labute approximate surface area is 129 Å². The lowest BCUT2D eigenvalue weighted by Crippen LogP contribution is -2.37. The Hall–Kier alpha value is -1.67. The third-order valence-electron chi connectivity index (χ3n) is 2.41. The Morgan fingerprint density at radius 2 is 1.82 bits per heavy atom. The van der Waals surface area contributed by atoms with Gasteiger partial charge < -0.3 is 10.1 Å². The second kappa shape index (κ2) is 7.06. The Bertz CT molecular complexity index is 607. The first-order chi connectivity index (χ1) is 9.96. The summed E-state index contributed by atoms with van der Waals surface area (Å²) in [5, 5.41) is 2.51. The van der Waals surface area contributed by atoms with E-state index in [2.05, 4.69) is 5.32 Å². The maximum Gasteiger partial charge on any atom is 0.408 e. The highest BCUT2D eigenvalue weighted by atomic mass is 32.2. The van der Waals surface area contributed by atoms with Gasteiger partial charge in [0.1, 0.15) is 11.4 Å². The molecular weight excluding hydrogens is 313 g/mol. The van der Waals surface area contributed by atoms with Crippen molar-refractivity contribution in [2.24, 2.45) is 0 Å². The molecule has 1 aromatic rings. The van der Waals surface area contributed by atoms with Crippen LogP contribution in [0, 0.1) is 5.82 Å². The van der Waals surface area contributed by atoms with Crippen molar-refractivity contribution >= 4 is 16.2 Å². The molecule has 0 saturated heterocycles. The lowest BCUT2D eigenvalue weighted by molar-refractivity contribution is 0.0487. The highest BCUT2D eigenvalue weighted by Gasteiger charge is 2.22. The third kappa shape index (κ3) is 7.37. The molecule has 0 aliphatic heterocycles. The van der Waals surface area contributed by atoms with Gasteiger partial charge in [-0.2, -0.15) is 8.42 Å². The van der Waals surface area contributed by atoms with Gasteiger partial charge in [-0.3, -0.25) is 4.18 Å². The summed E-state index contributed by atoms with van der Waals surface area (Å²) in [4.78, 5) is 11.8. The molecule has 8 heteroatoms. The highest BCUT2D eigenvalue weighted by molar-refractivity contribution is 7.85. The second-order valence-corrected chi connectivity index (χ2v) is 7.38. The SMILES string of the molecule is CC(C)(C)OC(=O)NC(COS(C)(=O)=O)c1ccc(F)cc1. The van der Waals surface area contributed by atoms with E-state index in [-0.39, 0.29) is 6.61 Å². The first-order valence-corrected chi connectivity index (χ1v) is 8.37. The van der Waals surface area contributed by atoms with E-state index in [0.717, 1.165) is 6.26 Å². The molecule has 1 atom stereocenters. The van der Waals surface area contributed by atoms with Crippen LogP contribution in [0.2, 0.25) is 0 Å². The average Bonchev–Trinajstić information content (AvgIpc) is 2.32. The first-order valence-electron chi connectivity index (χ1n) is 6.56. The van der Waals surface area contributed by atoms with Gasteiger partial charge in [0.05, 0.1) is 18.9 Å². The van der Waals surface area contributed by atoms with Crippen molar-refractivity contribution in [1.29, 1.82) is 0 Å². The number of halogens is 1. The van der Waals surface area contributed by atoms with E-state index in [9.17, 15) is 17.6 Å². The van der Waals surface area contributed by atoms with Gasteiger partial charge in [-0.1, -0.05) is 12.1 Å². The predicted octanol–water partition coefficient (Wildman–Crippen LogP) is 2.37. The predicted molar refractivity (Wildman–Crippen MR) is 79.3 cm³/mol. The summed E-state index contributed by atoms with van der Waals surface area (Å²) in [6, 6.07) is 4.50. The van der Waals surface area contributed by atoms with Gasteiger partial charge in [-0.05, 0) is 38.5 Å². The van der Waals surface area contributed by atoms with Gasteiger partial charge in [0.2, 0.25) is 0 Å². The van der Waals surface area contributed by atoms with Crippen molar-refractivity contribution in [3.8, 4) is 0 Å². The summed E-state index contributed by atoms with van der Waals surface area (Å²) in [5.41, 5.74) is -0.203. The fourth-order valence-corrected chi connectivity index (χ4v) is 1.94. The summed E-state index contributed by atoms with van der Waals surface area (Å²) in [6.07, 6.45) is 0.182. The molecule has 0 spiro atoms. The van der Waals surface area contributed by atoms with Crippen LogP contribution in [0.15, 0.2) is 24.3 Å². The fraction of sp³-hybridized carbons (Fsp3) is 0.500. The van der Waals surface area contributed by atoms with E-state index in [0.29, 0.717) is 5.56 Å². The summed E-state index contributed by atoms with van der Waals surface area (Å²) in [6.45, 7) is 4.79. The maximum absolute atomic E-state index is 13.0. The van der Waals surface area contributed by atoms with Crippen LogP contribution in [-0.4, -0.2) is 33.0 Å². The van der Waals surface area contributed by atoms with Crippen molar-refractivity contribution in [1.82, 2.24) is 5.32 Å². The molecule has 1 amide bonds. The van der Waals surface area contributed by atoms with Crippen LogP contribution in [0.25, 0.3) is 0 Å². The monoisotopic (exact) mass is 333 g/mol. The van der Waals surface area contributed by atoms with Crippen LogP contribution < -0.4 is 5.32 Å². The topological polar surface area (TPSA) is 81.7 Å². The zero-order valence-electron chi connectivity index (χ0n) is 12.9. The number of alkyl carbamates (subject to hydrolysis) is 1. The molecule has 124 valence electrons. The van der Waals surface area contributed by atoms with Crippen molar-refractivity contribution in [2.45, 2.75) is 32.4 Å². The Balaban J connectivity index is 2.86. The molecule has 0 aromatic heterocycles. The van der Waals surface area contributed by atoms with E-state index in [1.807, 2.05) is 0 Å². The Morgan fingerprint density at radius 3 is 2.27 bits per heavy atom. The number of nitrogens with one attached hydrogen (secondary N) is 1. The minimum absolute atomic E-state index is 0.316. The molecular formula is C14H20FNO5S. The molecule has 0 aliphatic rings. The van der Waals surface area contributed by atoms with E-state index >= 15 is 0 Å². The molecule has 22 heavy (non-hydrogen) atoms. The molecule has 0 bridgehead atoms. The highest BCUT2D eigenvalue weighted by Crippen LogP contribution is 2.16. The standard InChI is InChI=1S/C14H20FNO5S/c1-14(2,3)21-13(17)16-12(9-20-22(4,18)19)10-5-7-11(15)8-6-10/h5-8,12H,9H2,1-4H3,(H,16,17). The van der Waals surface area contributed by atoms with Crippen LogP contribution >= 0.6 is 0 Å². The zero-order valence-corrected chi connectivity index (χ0v) is 13.7. The first kappa shape index (κ1) is 18.4. The zero-order chi connectivity index (χ0) is 17.0.